The lowest BCUT2D eigenvalue weighted by Gasteiger charge is -2.31. The molecule has 2 atom stereocenters. The van der Waals surface area contributed by atoms with E-state index in [1.807, 2.05) is 61.5 Å². The van der Waals surface area contributed by atoms with Gasteiger partial charge in [-0.3, -0.25) is 0 Å². The SMILES string of the molecule is CCOC(=O)C1=CCN(S(=O)C(C)(C)C)[C@@H]1c1ccccc1. The van der Waals surface area contributed by atoms with Crippen molar-refractivity contribution < 1.29 is 13.7 Å². The number of hydrogen-bond donors (Lipinski definition) is 0. The van der Waals surface area contributed by atoms with Gasteiger partial charge in [-0.25, -0.2) is 13.3 Å². The molecule has 0 fully saturated rings. The molecule has 0 saturated carbocycles. The van der Waals surface area contributed by atoms with Crippen molar-refractivity contribution >= 4 is 17.0 Å². The molecule has 0 aliphatic carbocycles. The molecule has 22 heavy (non-hydrogen) atoms. The fourth-order valence-corrected chi connectivity index (χ4v) is 3.81. The first-order valence-electron chi connectivity index (χ1n) is 7.47. The zero-order chi connectivity index (χ0) is 16.3. The molecule has 0 spiro atoms. The van der Waals surface area contributed by atoms with Gasteiger partial charge < -0.3 is 4.74 Å². The summed E-state index contributed by atoms with van der Waals surface area (Å²) in [5.41, 5.74) is 1.53. The van der Waals surface area contributed by atoms with Crippen molar-refractivity contribution in [2.75, 3.05) is 13.2 Å². The van der Waals surface area contributed by atoms with Crippen LogP contribution in [0.25, 0.3) is 0 Å². The van der Waals surface area contributed by atoms with Crippen LogP contribution in [0.15, 0.2) is 42.0 Å². The minimum absolute atomic E-state index is 0.319. The van der Waals surface area contributed by atoms with E-state index in [1.165, 1.54) is 0 Å². The minimum atomic E-state index is -1.21. The molecule has 0 amide bonds. The third-order valence-corrected chi connectivity index (χ3v) is 5.27. The zero-order valence-electron chi connectivity index (χ0n) is 13.5. The molecule has 4 nitrogen and oxygen atoms in total. The average molecular weight is 321 g/mol. The Bertz CT molecular complexity index is 590. The predicted octanol–water partition coefficient (Wildman–Crippen LogP) is 3.00. The van der Waals surface area contributed by atoms with Gasteiger partial charge in [0.2, 0.25) is 0 Å². The monoisotopic (exact) mass is 321 g/mol. The van der Waals surface area contributed by atoms with Crippen LogP contribution in [0.1, 0.15) is 39.3 Å². The number of ether oxygens (including phenoxy) is 1. The molecule has 1 aromatic carbocycles. The summed E-state index contributed by atoms with van der Waals surface area (Å²) < 4.78 is 19.5. The van der Waals surface area contributed by atoms with Crippen LogP contribution in [-0.4, -0.2) is 32.4 Å². The van der Waals surface area contributed by atoms with Crippen LogP contribution < -0.4 is 0 Å². The summed E-state index contributed by atoms with van der Waals surface area (Å²) in [5.74, 6) is -0.329. The van der Waals surface area contributed by atoms with Gasteiger partial charge in [0.25, 0.3) is 0 Å². The van der Waals surface area contributed by atoms with Gasteiger partial charge in [-0.15, -0.1) is 0 Å². The van der Waals surface area contributed by atoms with E-state index in [1.54, 1.807) is 6.92 Å². The van der Waals surface area contributed by atoms with E-state index in [0.29, 0.717) is 18.7 Å². The fraction of sp³-hybridized carbons (Fsp3) is 0.471. The maximum atomic E-state index is 12.8. The number of esters is 1. The van der Waals surface area contributed by atoms with E-state index in [-0.39, 0.29) is 16.8 Å². The van der Waals surface area contributed by atoms with Crippen molar-refractivity contribution in [1.82, 2.24) is 4.31 Å². The van der Waals surface area contributed by atoms with Crippen molar-refractivity contribution in [3.8, 4) is 0 Å². The van der Waals surface area contributed by atoms with E-state index in [2.05, 4.69) is 0 Å². The molecule has 0 radical (unpaired) electrons. The van der Waals surface area contributed by atoms with Crippen molar-refractivity contribution in [1.29, 1.82) is 0 Å². The Morgan fingerprint density at radius 3 is 2.50 bits per heavy atom. The van der Waals surface area contributed by atoms with Crippen LogP contribution >= 0.6 is 0 Å². The number of benzene rings is 1. The second-order valence-electron chi connectivity index (χ2n) is 6.15. The largest absolute Gasteiger partial charge is 0.463 e. The van der Waals surface area contributed by atoms with Gasteiger partial charge in [0.05, 0.1) is 23.0 Å². The minimum Gasteiger partial charge on any atom is -0.463 e. The maximum absolute atomic E-state index is 12.8. The van der Waals surface area contributed by atoms with Crippen molar-refractivity contribution in [3.63, 3.8) is 0 Å². The van der Waals surface area contributed by atoms with Gasteiger partial charge in [-0.05, 0) is 33.3 Å². The summed E-state index contributed by atoms with van der Waals surface area (Å²) in [4.78, 5) is 12.2. The molecule has 2 rings (SSSR count). The van der Waals surface area contributed by atoms with Crippen LogP contribution in [0.5, 0.6) is 0 Å². The lowest BCUT2D eigenvalue weighted by Crippen LogP contribution is -2.38. The smallest absolute Gasteiger partial charge is 0.335 e. The number of rotatable bonds is 4. The molecule has 0 saturated heterocycles. The van der Waals surface area contributed by atoms with Crippen LogP contribution in [0.4, 0.5) is 0 Å². The van der Waals surface area contributed by atoms with Gasteiger partial charge in [-0.1, -0.05) is 36.4 Å². The summed E-state index contributed by atoms with van der Waals surface area (Å²) >= 11 is 0. The summed E-state index contributed by atoms with van der Waals surface area (Å²) in [6, 6.07) is 9.37. The van der Waals surface area contributed by atoms with Crippen LogP contribution in [0.3, 0.4) is 0 Å². The molecule has 0 N–H and O–H groups in total. The third kappa shape index (κ3) is 3.47. The van der Waals surface area contributed by atoms with Gasteiger partial charge in [0.1, 0.15) is 11.0 Å². The number of carbonyl (C=O) groups is 1. The molecule has 1 aliphatic heterocycles. The molecular formula is C17H23NO3S. The lowest BCUT2D eigenvalue weighted by atomic mass is 10.0. The second kappa shape index (κ2) is 6.75. The number of hydrogen-bond acceptors (Lipinski definition) is 3. The zero-order valence-corrected chi connectivity index (χ0v) is 14.4. The standard InChI is InChI=1S/C17H23NO3S/c1-5-21-16(19)14-11-12-18(22(20)17(2,3)4)15(14)13-9-7-6-8-10-13/h6-11,15H,5,12H2,1-4H3/t15-,22?/m1/s1. The van der Waals surface area contributed by atoms with E-state index >= 15 is 0 Å². The molecule has 120 valence electrons. The fourth-order valence-electron chi connectivity index (χ4n) is 2.47. The molecule has 0 aromatic heterocycles. The topological polar surface area (TPSA) is 46.6 Å². The van der Waals surface area contributed by atoms with Crippen molar-refractivity contribution in [3.05, 3.63) is 47.5 Å². The summed E-state index contributed by atoms with van der Waals surface area (Å²) in [6.45, 7) is 8.42. The first-order valence-corrected chi connectivity index (χ1v) is 8.57. The van der Waals surface area contributed by atoms with E-state index in [4.69, 9.17) is 4.74 Å². The summed E-state index contributed by atoms with van der Waals surface area (Å²) in [5, 5.41) is 0. The maximum Gasteiger partial charge on any atom is 0.335 e. The van der Waals surface area contributed by atoms with E-state index < -0.39 is 11.0 Å². The van der Waals surface area contributed by atoms with Crippen molar-refractivity contribution in [2.45, 2.75) is 38.5 Å². The van der Waals surface area contributed by atoms with Gasteiger partial charge in [-0.2, -0.15) is 0 Å². The van der Waals surface area contributed by atoms with Crippen LogP contribution in [0.2, 0.25) is 0 Å². The normalized spacial score (nSPS) is 20.5. The van der Waals surface area contributed by atoms with Gasteiger partial charge >= 0.3 is 5.97 Å². The molecule has 1 aromatic rings. The Balaban J connectivity index is 2.38. The third-order valence-electron chi connectivity index (χ3n) is 3.44. The molecule has 1 heterocycles. The predicted molar refractivity (Wildman–Crippen MR) is 88.5 cm³/mol. The van der Waals surface area contributed by atoms with Crippen molar-refractivity contribution in [2.24, 2.45) is 0 Å². The highest BCUT2D eigenvalue weighted by Crippen LogP contribution is 2.37. The second-order valence-corrected chi connectivity index (χ2v) is 8.35. The first-order chi connectivity index (χ1) is 10.4. The molecule has 1 unspecified atom stereocenters. The number of carbonyl (C=O) groups excluding carboxylic acids is 1. The Morgan fingerprint density at radius 1 is 1.32 bits per heavy atom. The quantitative estimate of drug-likeness (QED) is 0.801. The Labute approximate surface area is 134 Å². The van der Waals surface area contributed by atoms with E-state index in [0.717, 1.165) is 5.56 Å². The summed E-state index contributed by atoms with van der Waals surface area (Å²) in [6.07, 6.45) is 1.83. The van der Waals surface area contributed by atoms with E-state index in [9.17, 15) is 9.00 Å². The van der Waals surface area contributed by atoms with Gasteiger partial charge in [0.15, 0.2) is 0 Å². The highest BCUT2D eigenvalue weighted by atomic mass is 32.2. The molecule has 1 aliphatic rings. The number of nitrogens with zero attached hydrogens (tertiary/aromatic N) is 1. The van der Waals surface area contributed by atoms with Gasteiger partial charge in [0, 0.05) is 6.54 Å². The van der Waals surface area contributed by atoms with Crippen LogP contribution in [-0.2, 0) is 20.5 Å². The Hall–Kier alpha value is -1.46. The Kier molecular flexibility index (Phi) is 5.19. The molecule has 0 bridgehead atoms. The first kappa shape index (κ1) is 16.9. The average Bonchev–Trinajstić information content (AvgIpc) is 2.91. The Morgan fingerprint density at radius 2 is 1.95 bits per heavy atom. The molecular weight excluding hydrogens is 298 g/mol. The molecule has 5 heteroatoms. The highest BCUT2D eigenvalue weighted by molar-refractivity contribution is 7.84. The summed E-state index contributed by atoms with van der Waals surface area (Å²) in [7, 11) is -1.21. The lowest BCUT2D eigenvalue weighted by molar-refractivity contribution is -0.138. The highest BCUT2D eigenvalue weighted by Gasteiger charge is 2.39. The van der Waals surface area contributed by atoms with Crippen LogP contribution in [0, 0.1) is 0 Å².